The number of hydrogen-bond acceptors (Lipinski definition) is 2. The lowest BCUT2D eigenvalue weighted by atomic mass is 9.49. The van der Waals surface area contributed by atoms with Gasteiger partial charge < -0.3 is 9.47 Å². The molecule has 0 unspecified atom stereocenters. The molecule has 0 amide bonds. The zero-order chi connectivity index (χ0) is 13.2. The summed E-state index contributed by atoms with van der Waals surface area (Å²) in [5, 5.41) is 0. The molecule has 18 heavy (non-hydrogen) atoms. The molecule has 0 bridgehead atoms. The largest absolute Gasteiger partial charge is 0.378 e. The van der Waals surface area contributed by atoms with Crippen LogP contribution in [0.5, 0.6) is 0 Å². The zero-order valence-corrected chi connectivity index (χ0v) is 12.6. The quantitative estimate of drug-likeness (QED) is 0.662. The number of epoxide rings is 1. The van der Waals surface area contributed by atoms with Gasteiger partial charge in [-0.1, -0.05) is 13.8 Å². The highest BCUT2D eigenvalue weighted by molar-refractivity contribution is 5.09. The van der Waals surface area contributed by atoms with Crippen LogP contribution in [0.15, 0.2) is 0 Å². The molecule has 3 aliphatic rings. The van der Waals surface area contributed by atoms with Gasteiger partial charge >= 0.3 is 0 Å². The first-order valence-corrected chi connectivity index (χ1v) is 7.54. The van der Waals surface area contributed by atoms with Crippen molar-refractivity contribution in [1.29, 1.82) is 0 Å². The number of methoxy groups -OCH3 is 1. The smallest absolute Gasteiger partial charge is 0.0920 e. The predicted octanol–water partition coefficient (Wildman–Crippen LogP) is 3.79. The fourth-order valence-corrected chi connectivity index (χ4v) is 4.65. The molecule has 104 valence electrons. The first kappa shape index (κ1) is 12.9. The van der Waals surface area contributed by atoms with Crippen LogP contribution in [-0.2, 0) is 9.47 Å². The van der Waals surface area contributed by atoms with E-state index in [2.05, 4.69) is 27.7 Å². The van der Waals surface area contributed by atoms with E-state index in [9.17, 15) is 0 Å². The summed E-state index contributed by atoms with van der Waals surface area (Å²) in [5.74, 6) is 1.56. The molecule has 1 saturated heterocycles. The molecule has 2 heteroatoms. The Hall–Kier alpha value is -0.0800. The number of hydrogen-bond donors (Lipinski definition) is 0. The van der Waals surface area contributed by atoms with Crippen LogP contribution in [0.1, 0.15) is 59.8 Å². The summed E-state index contributed by atoms with van der Waals surface area (Å²) in [6.07, 6.45) is 6.69. The summed E-state index contributed by atoms with van der Waals surface area (Å²) in [4.78, 5) is 0. The SMILES string of the molecule is CO[C@]1(C)CC[C@H]2O[C@]2(C)CC[C@@H]2[C@@H]1CC2(C)C. The molecular weight excluding hydrogens is 224 g/mol. The van der Waals surface area contributed by atoms with Gasteiger partial charge in [0.05, 0.1) is 17.3 Å². The van der Waals surface area contributed by atoms with Crippen molar-refractivity contribution >= 4 is 0 Å². The van der Waals surface area contributed by atoms with E-state index in [4.69, 9.17) is 9.47 Å². The molecule has 0 aromatic heterocycles. The van der Waals surface area contributed by atoms with Crippen molar-refractivity contribution in [3.63, 3.8) is 0 Å². The Morgan fingerprint density at radius 3 is 2.33 bits per heavy atom. The molecule has 2 nitrogen and oxygen atoms in total. The molecule has 0 spiro atoms. The van der Waals surface area contributed by atoms with Gasteiger partial charge in [-0.2, -0.15) is 0 Å². The molecule has 2 aliphatic carbocycles. The van der Waals surface area contributed by atoms with Crippen LogP contribution in [0, 0.1) is 17.3 Å². The van der Waals surface area contributed by atoms with Crippen molar-refractivity contribution in [2.45, 2.75) is 77.1 Å². The van der Waals surface area contributed by atoms with Crippen molar-refractivity contribution in [3.8, 4) is 0 Å². The number of ether oxygens (including phenoxy) is 2. The summed E-state index contributed by atoms with van der Waals surface area (Å²) in [6, 6.07) is 0. The molecule has 3 rings (SSSR count). The fourth-order valence-electron chi connectivity index (χ4n) is 4.65. The van der Waals surface area contributed by atoms with E-state index >= 15 is 0 Å². The third-order valence-electron chi connectivity index (χ3n) is 6.38. The van der Waals surface area contributed by atoms with Crippen molar-refractivity contribution in [2.75, 3.05) is 7.11 Å². The Morgan fingerprint density at radius 1 is 1.00 bits per heavy atom. The summed E-state index contributed by atoms with van der Waals surface area (Å²) < 4.78 is 11.9. The van der Waals surface area contributed by atoms with E-state index in [0.29, 0.717) is 11.5 Å². The third-order valence-corrected chi connectivity index (χ3v) is 6.38. The number of rotatable bonds is 1. The highest BCUT2D eigenvalue weighted by atomic mass is 16.6. The fraction of sp³-hybridized carbons (Fsp3) is 1.00. The first-order chi connectivity index (χ1) is 8.31. The van der Waals surface area contributed by atoms with E-state index in [1.165, 1.54) is 25.7 Å². The Balaban J connectivity index is 1.83. The van der Waals surface area contributed by atoms with Crippen LogP contribution < -0.4 is 0 Å². The standard InChI is InChI=1S/C16H28O2/c1-14(2)10-12-11(14)6-8-16(4)13(18-16)7-9-15(12,3)17-5/h11-13H,6-10H2,1-5H3/t11-,12+,13-,15-,16-/m1/s1. The summed E-state index contributed by atoms with van der Waals surface area (Å²) >= 11 is 0. The van der Waals surface area contributed by atoms with Gasteiger partial charge in [-0.15, -0.1) is 0 Å². The minimum absolute atomic E-state index is 0.0669. The van der Waals surface area contributed by atoms with Crippen molar-refractivity contribution in [3.05, 3.63) is 0 Å². The zero-order valence-electron chi connectivity index (χ0n) is 12.6. The molecule has 0 radical (unpaired) electrons. The monoisotopic (exact) mass is 252 g/mol. The lowest BCUT2D eigenvalue weighted by Gasteiger charge is -2.58. The Kier molecular flexibility index (Phi) is 2.68. The van der Waals surface area contributed by atoms with Crippen molar-refractivity contribution in [1.82, 2.24) is 0 Å². The van der Waals surface area contributed by atoms with Crippen molar-refractivity contribution < 1.29 is 9.47 Å². The Labute approximate surface area is 111 Å². The molecular formula is C16H28O2. The highest BCUT2D eigenvalue weighted by Gasteiger charge is 2.59. The average molecular weight is 252 g/mol. The number of fused-ring (bicyclic) bond motifs is 2. The molecule has 1 heterocycles. The van der Waals surface area contributed by atoms with E-state index in [-0.39, 0.29) is 11.2 Å². The van der Waals surface area contributed by atoms with Gasteiger partial charge in [-0.05, 0) is 63.2 Å². The lowest BCUT2D eigenvalue weighted by molar-refractivity contribution is -0.160. The van der Waals surface area contributed by atoms with Crippen LogP contribution in [0.25, 0.3) is 0 Å². The maximum Gasteiger partial charge on any atom is 0.0920 e. The molecule has 0 aromatic carbocycles. The first-order valence-electron chi connectivity index (χ1n) is 7.54. The second-order valence-corrected chi connectivity index (χ2v) is 7.92. The molecule has 0 N–H and O–H groups in total. The average Bonchev–Trinajstić information content (AvgIpc) is 2.94. The van der Waals surface area contributed by atoms with Gasteiger partial charge in [0.2, 0.25) is 0 Å². The minimum Gasteiger partial charge on any atom is -0.378 e. The summed E-state index contributed by atoms with van der Waals surface area (Å²) in [6.45, 7) is 9.48. The molecule has 5 atom stereocenters. The molecule has 0 aromatic rings. The van der Waals surface area contributed by atoms with Crippen LogP contribution in [0.2, 0.25) is 0 Å². The maximum absolute atomic E-state index is 5.94. The van der Waals surface area contributed by atoms with Crippen LogP contribution in [0.3, 0.4) is 0 Å². The van der Waals surface area contributed by atoms with Crippen LogP contribution in [0.4, 0.5) is 0 Å². The van der Waals surface area contributed by atoms with Gasteiger partial charge in [0, 0.05) is 7.11 Å². The van der Waals surface area contributed by atoms with E-state index in [1.54, 1.807) is 0 Å². The van der Waals surface area contributed by atoms with Gasteiger partial charge in [0.25, 0.3) is 0 Å². The van der Waals surface area contributed by atoms with Gasteiger partial charge in [-0.25, -0.2) is 0 Å². The second-order valence-electron chi connectivity index (χ2n) is 7.92. The van der Waals surface area contributed by atoms with Crippen molar-refractivity contribution in [2.24, 2.45) is 17.3 Å². The minimum atomic E-state index is 0.0669. The van der Waals surface area contributed by atoms with Gasteiger partial charge in [0.1, 0.15) is 0 Å². The van der Waals surface area contributed by atoms with E-state index < -0.39 is 0 Å². The normalized spacial score (nSPS) is 54.2. The van der Waals surface area contributed by atoms with Crippen LogP contribution in [-0.4, -0.2) is 24.4 Å². The second kappa shape index (κ2) is 3.73. The third kappa shape index (κ3) is 1.76. The Morgan fingerprint density at radius 2 is 1.72 bits per heavy atom. The van der Waals surface area contributed by atoms with Gasteiger partial charge in [0.15, 0.2) is 0 Å². The summed E-state index contributed by atoms with van der Waals surface area (Å²) in [5.41, 5.74) is 0.752. The molecule has 2 saturated carbocycles. The summed E-state index contributed by atoms with van der Waals surface area (Å²) in [7, 11) is 1.90. The molecule has 1 aliphatic heterocycles. The van der Waals surface area contributed by atoms with E-state index in [1.807, 2.05) is 7.11 Å². The van der Waals surface area contributed by atoms with Crippen LogP contribution >= 0.6 is 0 Å². The highest BCUT2D eigenvalue weighted by Crippen LogP contribution is 2.61. The lowest BCUT2D eigenvalue weighted by Crippen LogP contribution is -2.55. The van der Waals surface area contributed by atoms with Gasteiger partial charge in [-0.3, -0.25) is 0 Å². The molecule has 3 fully saturated rings. The van der Waals surface area contributed by atoms with E-state index in [0.717, 1.165) is 18.3 Å². The Bertz CT molecular complexity index is 351. The topological polar surface area (TPSA) is 21.8 Å². The predicted molar refractivity (Wildman–Crippen MR) is 72.5 cm³/mol. The maximum atomic E-state index is 5.94.